The molecule has 2 unspecified atom stereocenters. The van der Waals surface area contributed by atoms with E-state index in [1.54, 1.807) is 11.3 Å². The Kier molecular flexibility index (Phi) is 3.84. The topological polar surface area (TPSA) is 36.7 Å². The maximum atomic E-state index is 8.98. The highest BCUT2D eigenvalue weighted by Crippen LogP contribution is 2.41. The molecule has 0 spiro atoms. The van der Waals surface area contributed by atoms with Crippen LogP contribution in [-0.4, -0.2) is 4.98 Å². The van der Waals surface area contributed by atoms with Crippen LogP contribution in [0.25, 0.3) is 11.3 Å². The minimum atomic E-state index is 0.651. The molecule has 2 atom stereocenters. The van der Waals surface area contributed by atoms with Crippen LogP contribution in [0.1, 0.15) is 49.1 Å². The molecule has 20 heavy (non-hydrogen) atoms. The molecule has 0 bridgehead atoms. The molecule has 0 amide bonds. The lowest BCUT2D eigenvalue weighted by Crippen LogP contribution is -1.94. The van der Waals surface area contributed by atoms with Crippen molar-refractivity contribution in [3.63, 3.8) is 0 Å². The lowest BCUT2D eigenvalue weighted by molar-refractivity contribution is 0.521. The van der Waals surface area contributed by atoms with E-state index in [9.17, 15) is 0 Å². The van der Waals surface area contributed by atoms with E-state index in [0.29, 0.717) is 11.5 Å². The molecule has 1 fully saturated rings. The Hall–Kier alpha value is -1.66. The number of rotatable bonds is 3. The third-order valence-electron chi connectivity index (χ3n) is 4.28. The van der Waals surface area contributed by atoms with Gasteiger partial charge in [-0.05, 0) is 37.3 Å². The van der Waals surface area contributed by atoms with Crippen molar-refractivity contribution >= 4 is 11.3 Å². The van der Waals surface area contributed by atoms with Crippen LogP contribution in [0, 0.1) is 17.2 Å². The first-order valence-electron chi connectivity index (χ1n) is 7.26. The van der Waals surface area contributed by atoms with Crippen LogP contribution in [0.2, 0.25) is 0 Å². The minimum absolute atomic E-state index is 0.651. The molecule has 1 aromatic carbocycles. The normalized spacial score (nSPS) is 21.8. The summed E-state index contributed by atoms with van der Waals surface area (Å²) in [4.78, 5) is 4.82. The number of hydrogen-bond donors (Lipinski definition) is 0. The summed E-state index contributed by atoms with van der Waals surface area (Å²) in [5.74, 6) is 1.53. The Bertz CT molecular complexity index is 638. The van der Waals surface area contributed by atoms with Crippen molar-refractivity contribution in [2.75, 3.05) is 0 Å². The summed E-state index contributed by atoms with van der Waals surface area (Å²) in [7, 11) is 0. The maximum absolute atomic E-state index is 8.98. The fraction of sp³-hybridized carbons (Fsp3) is 0.412. The molecule has 3 heteroatoms. The quantitative estimate of drug-likeness (QED) is 0.796. The van der Waals surface area contributed by atoms with Gasteiger partial charge in [0.1, 0.15) is 0 Å². The highest BCUT2D eigenvalue weighted by molar-refractivity contribution is 7.10. The first-order valence-corrected chi connectivity index (χ1v) is 8.14. The summed E-state index contributed by atoms with van der Waals surface area (Å²) in [6, 6.07) is 9.90. The molecular weight excluding hydrogens is 264 g/mol. The summed E-state index contributed by atoms with van der Waals surface area (Å²) in [6.07, 6.45) is 5.21. The van der Waals surface area contributed by atoms with Crippen LogP contribution < -0.4 is 0 Å². The van der Waals surface area contributed by atoms with E-state index in [-0.39, 0.29) is 0 Å². The average molecular weight is 282 g/mol. The minimum Gasteiger partial charge on any atom is -0.241 e. The Morgan fingerprint density at radius 3 is 3.05 bits per heavy atom. The fourth-order valence-electron chi connectivity index (χ4n) is 3.03. The molecule has 0 radical (unpaired) electrons. The summed E-state index contributed by atoms with van der Waals surface area (Å²) in [6.45, 7) is 2.29. The summed E-state index contributed by atoms with van der Waals surface area (Å²) in [5.41, 5.74) is 2.77. The van der Waals surface area contributed by atoms with Gasteiger partial charge >= 0.3 is 0 Å². The second kappa shape index (κ2) is 5.76. The van der Waals surface area contributed by atoms with E-state index < -0.39 is 0 Å². The van der Waals surface area contributed by atoms with Crippen molar-refractivity contribution in [3.8, 4) is 17.3 Å². The van der Waals surface area contributed by atoms with E-state index in [1.165, 1.54) is 30.7 Å². The number of hydrogen-bond acceptors (Lipinski definition) is 3. The van der Waals surface area contributed by atoms with Crippen LogP contribution in [0.15, 0.2) is 29.6 Å². The van der Waals surface area contributed by atoms with Crippen LogP contribution in [0.4, 0.5) is 0 Å². The Labute approximate surface area is 124 Å². The SMILES string of the molecule is CCC1CCC(c2nc(-c3cccc(C#N)c3)cs2)C1. The van der Waals surface area contributed by atoms with E-state index >= 15 is 0 Å². The first kappa shape index (κ1) is 13.3. The zero-order valence-electron chi connectivity index (χ0n) is 11.7. The first-order chi connectivity index (χ1) is 9.80. The van der Waals surface area contributed by atoms with Crippen LogP contribution in [0.3, 0.4) is 0 Å². The Balaban J connectivity index is 1.82. The van der Waals surface area contributed by atoms with Gasteiger partial charge in [0.2, 0.25) is 0 Å². The Morgan fingerprint density at radius 2 is 2.30 bits per heavy atom. The van der Waals surface area contributed by atoms with Crippen molar-refractivity contribution in [2.45, 2.75) is 38.5 Å². The summed E-state index contributed by atoms with van der Waals surface area (Å²) >= 11 is 1.77. The van der Waals surface area contributed by atoms with E-state index in [0.717, 1.165) is 17.2 Å². The van der Waals surface area contributed by atoms with Gasteiger partial charge in [-0.25, -0.2) is 4.98 Å². The van der Waals surface area contributed by atoms with Crippen LogP contribution in [-0.2, 0) is 0 Å². The molecule has 0 N–H and O–H groups in total. The van der Waals surface area contributed by atoms with Crippen molar-refractivity contribution in [1.29, 1.82) is 5.26 Å². The van der Waals surface area contributed by atoms with Crippen LogP contribution in [0.5, 0.6) is 0 Å². The van der Waals surface area contributed by atoms with E-state index in [4.69, 9.17) is 10.2 Å². The number of thiazole rings is 1. The molecule has 1 aromatic heterocycles. The van der Waals surface area contributed by atoms with E-state index in [1.807, 2.05) is 24.3 Å². The molecule has 1 aliphatic rings. The van der Waals surface area contributed by atoms with Crippen molar-refractivity contribution in [3.05, 3.63) is 40.2 Å². The van der Waals surface area contributed by atoms with Gasteiger partial charge in [-0.15, -0.1) is 11.3 Å². The number of benzene rings is 1. The molecule has 1 aliphatic carbocycles. The predicted octanol–water partition coefficient (Wildman–Crippen LogP) is 4.98. The standard InChI is InChI=1S/C17H18N2S/c1-2-12-6-7-15(8-12)17-19-16(11-20-17)14-5-3-4-13(9-14)10-18/h3-5,9,11-12,15H,2,6-8H2,1H3. The van der Waals surface area contributed by atoms with Gasteiger partial charge in [-0.1, -0.05) is 25.5 Å². The second-order valence-corrected chi connectivity index (χ2v) is 6.44. The molecule has 2 nitrogen and oxygen atoms in total. The smallest absolute Gasteiger partial charge is 0.0991 e. The zero-order valence-corrected chi connectivity index (χ0v) is 12.5. The number of aromatic nitrogens is 1. The van der Waals surface area contributed by atoms with Gasteiger partial charge in [0.25, 0.3) is 0 Å². The largest absolute Gasteiger partial charge is 0.241 e. The lowest BCUT2D eigenvalue weighted by Gasteiger charge is -2.06. The molecule has 1 heterocycles. The van der Waals surface area contributed by atoms with Crippen molar-refractivity contribution in [2.24, 2.45) is 5.92 Å². The predicted molar refractivity (Wildman–Crippen MR) is 82.6 cm³/mol. The van der Waals surface area contributed by atoms with Gasteiger partial charge in [0, 0.05) is 16.9 Å². The molecule has 1 saturated carbocycles. The lowest BCUT2D eigenvalue weighted by atomic mass is 10.0. The Morgan fingerprint density at radius 1 is 1.40 bits per heavy atom. The molecular formula is C17H18N2S. The molecule has 2 aromatic rings. The van der Waals surface area contributed by atoms with Gasteiger partial charge in [-0.3, -0.25) is 0 Å². The van der Waals surface area contributed by atoms with Gasteiger partial charge < -0.3 is 0 Å². The monoisotopic (exact) mass is 282 g/mol. The van der Waals surface area contributed by atoms with Crippen molar-refractivity contribution < 1.29 is 0 Å². The summed E-state index contributed by atoms with van der Waals surface area (Å²) < 4.78 is 0. The fourth-order valence-corrected chi connectivity index (χ4v) is 4.00. The third-order valence-corrected chi connectivity index (χ3v) is 5.28. The molecule has 3 rings (SSSR count). The van der Waals surface area contributed by atoms with E-state index in [2.05, 4.69) is 18.4 Å². The van der Waals surface area contributed by atoms with Gasteiger partial charge in [0.05, 0.1) is 22.3 Å². The van der Waals surface area contributed by atoms with Gasteiger partial charge in [0.15, 0.2) is 0 Å². The molecule has 0 aliphatic heterocycles. The molecule has 102 valence electrons. The maximum Gasteiger partial charge on any atom is 0.0991 e. The number of nitrogens with zero attached hydrogens (tertiary/aromatic N) is 2. The van der Waals surface area contributed by atoms with Crippen molar-refractivity contribution in [1.82, 2.24) is 4.98 Å². The summed E-state index contributed by atoms with van der Waals surface area (Å²) in [5, 5.41) is 12.4. The second-order valence-electron chi connectivity index (χ2n) is 5.55. The number of nitriles is 1. The highest BCUT2D eigenvalue weighted by Gasteiger charge is 2.26. The third kappa shape index (κ3) is 2.62. The van der Waals surface area contributed by atoms with Crippen LogP contribution >= 0.6 is 11.3 Å². The zero-order chi connectivity index (χ0) is 13.9. The van der Waals surface area contributed by atoms with Gasteiger partial charge in [-0.2, -0.15) is 5.26 Å². The molecule has 0 saturated heterocycles. The average Bonchev–Trinajstić information content (AvgIpc) is 3.15. The highest BCUT2D eigenvalue weighted by atomic mass is 32.1.